The van der Waals surface area contributed by atoms with Crippen LogP contribution in [0.5, 0.6) is 0 Å². The number of halogens is 1. The van der Waals surface area contributed by atoms with E-state index >= 15 is 0 Å². The quantitative estimate of drug-likeness (QED) is 0.852. The molecule has 0 saturated carbocycles. The molecular weight excluding hydrogens is 220 g/mol. The summed E-state index contributed by atoms with van der Waals surface area (Å²) in [6.45, 7) is 6.59. The van der Waals surface area contributed by atoms with Crippen LogP contribution >= 0.6 is 11.6 Å². The predicted octanol–water partition coefficient (Wildman–Crippen LogP) is 2.52. The molecule has 0 aliphatic carbocycles. The zero-order valence-corrected chi connectivity index (χ0v) is 10.5. The van der Waals surface area contributed by atoms with E-state index in [0.717, 1.165) is 31.2 Å². The highest BCUT2D eigenvalue weighted by Gasteiger charge is 2.17. The first kappa shape index (κ1) is 11.9. The third-order valence-corrected chi connectivity index (χ3v) is 3.56. The number of hydrogen-bond donors (Lipinski definition) is 1. The van der Waals surface area contributed by atoms with E-state index in [-0.39, 0.29) is 0 Å². The first-order valence-electron chi connectivity index (χ1n) is 5.95. The lowest BCUT2D eigenvalue weighted by Gasteiger charge is -2.26. The van der Waals surface area contributed by atoms with Crippen molar-refractivity contribution in [1.29, 1.82) is 0 Å². The van der Waals surface area contributed by atoms with Gasteiger partial charge in [0.15, 0.2) is 0 Å². The standard InChI is InChI=1S/C13H19ClN2/c1-11-9-15-7-4-8-16(11)10-12-5-2-3-6-13(12)14/h2-3,5-6,11,15H,4,7-10H2,1H3. The normalized spacial score (nSPS) is 23.0. The maximum absolute atomic E-state index is 6.19. The van der Waals surface area contributed by atoms with Gasteiger partial charge in [0.2, 0.25) is 0 Å². The van der Waals surface area contributed by atoms with Crippen LogP contribution in [0.4, 0.5) is 0 Å². The molecule has 1 aromatic rings. The monoisotopic (exact) mass is 238 g/mol. The van der Waals surface area contributed by atoms with Crippen LogP contribution in [0.25, 0.3) is 0 Å². The van der Waals surface area contributed by atoms with Crippen LogP contribution in [-0.2, 0) is 6.54 Å². The smallest absolute Gasteiger partial charge is 0.0451 e. The molecule has 0 radical (unpaired) electrons. The molecule has 2 rings (SSSR count). The van der Waals surface area contributed by atoms with Gasteiger partial charge in [-0.05, 0) is 31.5 Å². The van der Waals surface area contributed by atoms with E-state index in [4.69, 9.17) is 11.6 Å². The summed E-state index contributed by atoms with van der Waals surface area (Å²) in [5, 5.41) is 4.33. The van der Waals surface area contributed by atoms with Gasteiger partial charge in [0.1, 0.15) is 0 Å². The fraction of sp³-hybridized carbons (Fsp3) is 0.538. The minimum absolute atomic E-state index is 0.582. The lowest BCUT2D eigenvalue weighted by atomic mass is 10.2. The third kappa shape index (κ3) is 2.97. The molecule has 1 unspecified atom stereocenters. The molecule has 1 saturated heterocycles. The fourth-order valence-corrected chi connectivity index (χ4v) is 2.34. The van der Waals surface area contributed by atoms with E-state index < -0.39 is 0 Å². The van der Waals surface area contributed by atoms with Gasteiger partial charge >= 0.3 is 0 Å². The molecule has 3 heteroatoms. The summed E-state index contributed by atoms with van der Waals surface area (Å²) >= 11 is 6.19. The number of hydrogen-bond acceptors (Lipinski definition) is 2. The minimum Gasteiger partial charge on any atom is -0.315 e. The number of nitrogens with zero attached hydrogens (tertiary/aromatic N) is 1. The fourth-order valence-electron chi connectivity index (χ4n) is 2.15. The van der Waals surface area contributed by atoms with Crippen LogP contribution in [0.15, 0.2) is 24.3 Å². The van der Waals surface area contributed by atoms with Crippen molar-refractivity contribution in [2.45, 2.75) is 25.9 Å². The summed E-state index contributed by atoms with van der Waals surface area (Å²) in [6.07, 6.45) is 1.22. The maximum atomic E-state index is 6.19. The summed E-state index contributed by atoms with van der Waals surface area (Å²) < 4.78 is 0. The zero-order valence-electron chi connectivity index (χ0n) is 9.75. The number of benzene rings is 1. The summed E-state index contributed by atoms with van der Waals surface area (Å²) in [4.78, 5) is 2.50. The second-order valence-corrected chi connectivity index (χ2v) is 4.88. The SMILES string of the molecule is CC1CNCCCN1Cc1ccccc1Cl. The van der Waals surface area contributed by atoms with Crippen LogP contribution in [0.2, 0.25) is 5.02 Å². The molecular formula is C13H19ClN2. The highest BCUT2D eigenvalue weighted by atomic mass is 35.5. The topological polar surface area (TPSA) is 15.3 Å². The van der Waals surface area contributed by atoms with E-state index in [0.29, 0.717) is 6.04 Å². The van der Waals surface area contributed by atoms with Crippen molar-refractivity contribution < 1.29 is 0 Å². The molecule has 0 amide bonds. The first-order chi connectivity index (χ1) is 7.77. The number of nitrogens with one attached hydrogen (secondary N) is 1. The molecule has 1 fully saturated rings. The summed E-state index contributed by atoms with van der Waals surface area (Å²) in [5.41, 5.74) is 1.23. The minimum atomic E-state index is 0.582. The lowest BCUT2D eigenvalue weighted by Crippen LogP contribution is -2.36. The first-order valence-corrected chi connectivity index (χ1v) is 6.33. The van der Waals surface area contributed by atoms with E-state index in [1.165, 1.54) is 12.0 Å². The molecule has 1 aliphatic rings. The average Bonchev–Trinajstić information content (AvgIpc) is 2.48. The van der Waals surface area contributed by atoms with Crippen molar-refractivity contribution >= 4 is 11.6 Å². The van der Waals surface area contributed by atoms with E-state index in [1.807, 2.05) is 12.1 Å². The van der Waals surface area contributed by atoms with Gasteiger partial charge in [0, 0.05) is 30.7 Å². The Morgan fingerprint density at radius 2 is 2.25 bits per heavy atom. The highest BCUT2D eigenvalue weighted by Crippen LogP contribution is 2.18. The van der Waals surface area contributed by atoms with Crippen molar-refractivity contribution in [3.05, 3.63) is 34.9 Å². The van der Waals surface area contributed by atoms with Gasteiger partial charge < -0.3 is 5.32 Å². The van der Waals surface area contributed by atoms with Crippen LogP contribution < -0.4 is 5.32 Å². The summed E-state index contributed by atoms with van der Waals surface area (Å²) in [7, 11) is 0. The molecule has 16 heavy (non-hydrogen) atoms. The Kier molecular flexibility index (Phi) is 4.22. The lowest BCUT2D eigenvalue weighted by molar-refractivity contribution is 0.214. The van der Waals surface area contributed by atoms with Gasteiger partial charge in [0.05, 0.1) is 0 Å². The molecule has 0 aromatic heterocycles. The molecule has 1 heterocycles. The van der Waals surface area contributed by atoms with E-state index in [1.54, 1.807) is 0 Å². The molecule has 1 aromatic carbocycles. The number of rotatable bonds is 2. The van der Waals surface area contributed by atoms with Crippen molar-refractivity contribution in [2.24, 2.45) is 0 Å². The Balaban J connectivity index is 2.05. The second kappa shape index (κ2) is 5.67. The van der Waals surface area contributed by atoms with Gasteiger partial charge in [0.25, 0.3) is 0 Å². The van der Waals surface area contributed by atoms with Crippen molar-refractivity contribution in [3.8, 4) is 0 Å². The van der Waals surface area contributed by atoms with Gasteiger partial charge in [-0.2, -0.15) is 0 Å². The van der Waals surface area contributed by atoms with Crippen molar-refractivity contribution in [1.82, 2.24) is 10.2 Å². The van der Waals surface area contributed by atoms with Crippen LogP contribution in [-0.4, -0.2) is 30.6 Å². The molecule has 0 spiro atoms. The Labute approximate surface area is 103 Å². The predicted molar refractivity (Wildman–Crippen MR) is 68.8 cm³/mol. The Bertz CT molecular complexity index is 340. The maximum Gasteiger partial charge on any atom is 0.0451 e. The highest BCUT2D eigenvalue weighted by molar-refractivity contribution is 6.31. The van der Waals surface area contributed by atoms with Crippen molar-refractivity contribution in [2.75, 3.05) is 19.6 Å². The molecule has 1 aliphatic heterocycles. The van der Waals surface area contributed by atoms with Gasteiger partial charge in [-0.1, -0.05) is 29.8 Å². The molecule has 2 nitrogen and oxygen atoms in total. The zero-order chi connectivity index (χ0) is 11.4. The molecule has 0 bridgehead atoms. The largest absolute Gasteiger partial charge is 0.315 e. The van der Waals surface area contributed by atoms with Gasteiger partial charge in [-0.15, -0.1) is 0 Å². The molecule has 1 atom stereocenters. The Morgan fingerprint density at radius 1 is 1.44 bits per heavy atom. The van der Waals surface area contributed by atoms with Crippen molar-refractivity contribution in [3.63, 3.8) is 0 Å². The van der Waals surface area contributed by atoms with Gasteiger partial charge in [-0.3, -0.25) is 4.90 Å². The average molecular weight is 239 g/mol. The van der Waals surface area contributed by atoms with Gasteiger partial charge in [-0.25, -0.2) is 0 Å². The summed E-state index contributed by atoms with van der Waals surface area (Å²) in [5.74, 6) is 0. The second-order valence-electron chi connectivity index (χ2n) is 4.47. The van der Waals surface area contributed by atoms with Crippen LogP contribution in [0.3, 0.4) is 0 Å². The Hall–Kier alpha value is -0.570. The Morgan fingerprint density at radius 3 is 3.06 bits per heavy atom. The molecule has 1 N–H and O–H groups in total. The van der Waals surface area contributed by atoms with E-state index in [9.17, 15) is 0 Å². The summed E-state index contributed by atoms with van der Waals surface area (Å²) in [6, 6.07) is 8.71. The van der Waals surface area contributed by atoms with E-state index in [2.05, 4.69) is 29.3 Å². The van der Waals surface area contributed by atoms with Crippen LogP contribution in [0.1, 0.15) is 18.9 Å². The third-order valence-electron chi connectivity index (χ3n) is 3.19. The molecule has 88 valence electrons. The van der Waals surface area contributed by atoms with Crippen LogP contribution in [0, 0.1) is 0 Å².